The number of hydrogen-bond acceptors (Lipinski definition) is 10. The Morgan fingerprint density at radius 2 is 0.793 bits per heavy atom. The van der Waals surface area contributed by atoms with Gasteiger partial charge in [-0.25, -0.2) is 0 Å². The van der Waals surface area contributed by atoms with E-state index < -0.39 is 49.2 Å². The molecular formula is C48H54O9S. The minimum atomic E-state index is -0.848. The molecule has 0 bridgehead atoms. The largest absolute Gasteiger partial charge is 0.374 e. The quantitative estimate of drug-likeness (QED) is 0.0722. The Morgan fingerprint density at radius 1 is 0.431 bits per heavy atom. The van der Waals surface area contributed by atoms with Crippen LogP contribution in [-0.4, -0.2) is 81.0 Å². The summed E-state index contributed by atoms with van der Waals surface area (Å²) in [7, 11) is 1.62. The Hall–Kier alpha value is -3.91. The predicted octanol–water partition coefficient (Wildman–Crippen LogP) is 8.39. The van der Waals surface area contributed by atoms with Crippen molar-refractivity contribution in [2.75, 3.05) is 25.7 Å². The van der Waals surface area contributed by atoms with E-state index in [-0.39, 0.29) is 12.7 Å². The highest BCUT2D eigenvalue weighted by molar-refractivity contribution is 7.98. The highest BCUT2D eigenvalue weighted by atomic mass is 32.2. The molecule has 2 saturated heterocycles. The molecular weight excluding hydrogens is 753 g/mol. The van der Waals surface area contributed by atoms with Gasteiger partial charge in [-0.15, -0.1) is 0 Å². The first-order valence-corrected chi connectivity index (χ1v) is 21.3. The SMILES string of the molecule is CO[C@H]1O[C@H](COCc2ccccc2)[C@@H](OCc2ccccc2)[C@H](O[C@H]2O[C@H](CSC)[C@H](OCc3ccccc3)[C@H]2OCc2ccccc2)[C@@H]1OCc1ccccc1. The minimum Gasteiger partial charge on any atom is -0.374 e. The molecule has 9 nitrogen and oxygen atoms in total. The van der Waals surface area contributed by atoms with Crippen molar-refractivity contribution in [3.8, 4) is 0 Å². The number of ether oxygens (including phenoxy) is 9. The fourth-order valence-corrected chi connectivity index (χ4v) is 7.90. The maximum Gasteiger partial charge on any atom is 0.187 e. The zero-order valence-electron chi connectivity index (χ0n) is 33.2. The molecule has 5 aromatic rings. The Bertz CT molecular complexity index is 1860. The Kier molecular flexibility index (Phi) is 16.3. The molecule has 0 aromatic heterocycles. The zero-order chi connectivity index (χ0) is 39.8. The summed E-state index contributed by atoms with van der Waals surface area (Å²) in [6.07, 6.45) is -3.66. The second-order valence-electron chi connectivity index (χ2n) is 14.4. The molecule has 0 spiro atoms. The molecule has 2 aliphatic rings. The minimum absolute atomic E-state index is 0.219. The molecule has 5 aromatic carbocycles. The van der Waals surface area contributed by atoms with E-state index >= 15 is 0 Å². The molecule has 2 fully saturated rings. The molecule has 0 aliphatic carbocycles. The van der Waals surface area contributed by atoms with E-state index in [1.807, 2.05) is 140 Å². The van der Waals surface area contributed by atoms with Crippen LogP contribution < -0.4 is 0 Å². The first-order chi connectivity index (χ1) is 28.7. The van der Waals surface area contributed by atoms with Gasteiger partial charge in [0.2, 0.25) is 0 Å². The van der Waals surface area contributed by atoms with Gasteiger partial charge in [-0.1, -0.05) is 152 Å². The third-order valence-corrected chi connectivity index (χ3v) is 10.9. The van der Waals surface area contributed by atoms with E-state index in [1.165, 1.54) is 0 Å². The summed E-state index contributed by atoms with van der Waals surface area (Å²) < 4.78 is 60.3. The monoisotopic (exact) mass is 806 g/mol. The molecule has 0 N–H and O–H groups in total. The second kappa shape index (κ2) is 22.5. The van der Waals surface area contributed by atoms with Crippen LogP contribution in [0.3, 0.4) is 0 Å². The summed E-state index contributed by atoms with van der Waals surface area (Å²) in [5.41, 5.74) is 5.16. The number of hydrogen-bond donors (Lipinski definition) is 0. The maximum atomic E-state index is 7.24. The summed E-state index contributed by atoms with van der Waals surface area (Å²) in [6, 6.07) is 50.4. The van der Waals surface area contributed by atoms with E-state index in [1.54, 1.807) is 18.9 Å². The molecule has 9 atom stereocenters. The smallest absolute Gasteiger partial charge is 0.187 e. The van der Waals surface area contributed by atoms with Crippen molar-refractivity contribution in [3.05, 3.63) is 179 Å². The van der Waals surface area contributed by atoms with Crippen LogP contribution in [0.4, 0.5) is 0 Å². The van der Waals surface area contributed by atoms with E-state index in [0.717, 1.165) is 27.8 Å². The third-order valence-electron chi connectivity index (χ3n) is 10.2. The number of thioether (sulfide) groups is 1. The Balaban J connectivity index is 1.21. The van der Waals surface area contributed by atoms with Gasteiger partial charge < -0.3 is 42.6 Å². The van der Waals surface area contributed by atoms with Crippen molar-refractivity contribution < 1.29 is 42.6 Å². The van der Waals surface area contributed by atoms with Crippen molar-refractivity contribution in [3.63, 3.8) is 0 Å². The normalized spacial score (nSPS) is 25.8. The van der Waals surface area contributed by atoms with Gasteiger partial charge in [-0.2, -0.15) is 11.8 Å². The van der Waals surface area contributed by atoms with Gasteiger partial charge in [-0.3, -0.25) is 0 Å². The Labute approximate surface area is 346 Å². The van der Waals surface area contributed by atoms with E-state index in [2.05, 4.69) is 18.4 Å². The fraction of sp³-hybridized carbons (Fsp3) is 0.375. The molecule has 2 aliphatic heterocycles. The van der Waals surface area contributed by atoms with Gasteiger partial charge in [0.05, 0.1) is 45.7 Å². The average molecular weight is 807 g/mol. The van der Waals surface area contributed by atoms with Crippen LogP contribution >= 0.6 is 11.8 Å². The van der Waals surface area contributed by atoms with Crippen molar-refractivity contribution in [2.24, 2.45) is 0 Å². The van der Waals surface area contributed by atoms with E-state index in [0.29, 0.717) is 38.8 Å². The first-order valence-electron chi connectivity index (χ1n) is 19.9. The predicted molar refractivity (Wildman–Crippen MR) is 224 cm³/mol. The fourth-order valence-electron chi connectivity index (χ4n) is 7.30. The molecule has 0 unspecified atom stereocenters. The lowest BCUT2D eigenvalue weighted by atomic mass is 9.97. The van der Waals surface area contributed by atoms with Gasteiger partial charge in [0.1, 0.15) is 36.6 Å². The molecule has 7 rings (SSSR count). The summed E-state index contributed by atoms with van der Waals surface area (Å²) in [5.74, 6) is 0.677. The van der Waals surface area contributed by atoms with Crippen LogP contribution in [-0.2, 0) is 75.7 Å². The van der Waals surface area contributed by atoms with Crippen molar-refractivity contribution in [2.45, 2.75) is 88.3 Å². The molecule has 2 heterocycles. The molecule has 0 amide bonds. The Morgan fingerprint density at radius 3 is 1.21 bits per heavy atom. The molecule has 0 saturated carbocycles. The van der Waals surface area contributed by atoms with Crippen LogP contribution in [0.5, 0.6) is 0 Å². The zero-order valence-corrected chi connectivity index (χ0v) is 34.0. The maximum absolute atomic E-state index is 7.24. The molecule has 306 valence electrons. The van der Waals surface area contributed by atoms with E-state index in [4.69, 9.17) is 42.6 Å². The van der Waals surface area contributed by atoms with Gasteiger partial charge in [0.15, 0.2) is 12.6 Å². The average Bonchev–Trinajstić information content (AvgIpc) is 3.60. The van der Waals surface area contributed by atoms with Crippen LogP contribution in [0, 0.1) is 0 Å². The lowest BCUT2D eigenvalue weighted by Crippen LogP contribution is -2.62. The number of benzene rings is 5. The van der Waals surface area contributed by atoms with Gasteiger partial charge >= 0.3 is 0 Å². The lowest BCUT2D eigenvalue weighted by molar-refractivity contribution is -0.343. The van der Waals surface area contributed by atoms with Crippen LogP contribution in [0.1, 0.15) is 27.8 Å². The molecule has 0 radical (unpaired) electrons. The summed E-state index contributed by atoms with van der Waals surface area (Å²) in [5, 5.41) is 0. The first kappa shape index (κ1) is 42.2. The summed E-state index contributed by atoms with van der Waals surface area (Å²) in [6.45, 7) is 1.97. The second-order valence-corrected chi connectivity index (χ2v) is 15.3. The topological polar surface area (TPSA) is 83.1 Å². The van der Waals surface area contributed by atoms with Gasteiger partial charge in [0, 0.05) is 12.9 Å². The van der Waals surface area contributed by atoms with Gasteiger partial charge in [0.25, 0.3) is 0 Å². The summed E-state index contributed by atoms with van der Waals surface area (Å²) >= 11 is 1.69. The van der Waals surface area contributed by atoms with Crippen LogP contribution in [0.25, 0.3) is 0 Å². The number of rotatable bonds is 21. The summed E-state index contributed by atoms with van der Waals surface area (Å²) in [4.78, 5) is 0. The highest BCUT2D eigenvalue weighted by Crippen LogP contribution is 2.37. The van der Waals surface area contributed by atoms with Crippen molar-refractivity contribution >= 4 is 11.8 Å². The standard InChI is InChI=1S/C48H54O9S/c1-49-47-46(54-32-39-26-16-7-17-27-39)44(42(51-29-36-20-10-4-11-21-36)40(55-47)33-50-28-35-18-8-3-9-19-35)57-48-45(53-31-38-24-14-6-15-25-38)43(41(56-48)34-58-2)52-30-37-22-12-5-13-23-37/h3-27,40-48H,28-34H2,1-2H3/t40-,41-,42-,43+,44+,45-,46+,47+,48-/m1/s1. The van der Waals surface area contributed by atoms with Crippen LogP contribution in [0.2, 0.25) is 0 Å². The van der Waals surface area contributed by atoms with E-state index in [9.17, 15) is 0 Å². The molecule has 10 heteroatoms. The van der Waals surface area contributed by atoms with Gasteiger partial charge in [-0.05, 0) is 34.1 Å². The van der Waals surface area contributed by atoms with Crippen molar-refractivity contribution in [1.29, 1.82) is 0 Å². The highest BCUT2D eigenvalue weighted by Gasteiger charge is 2.54. The third kappa shape index (κ3) is 11.9. The number of methoxy groups -OCH3 is 1. The molecule has 58 heavy (non-hydrogen) atoms. The van der Waals surface area contributed by atoms with Crippen molar-refractivity contribution in [1.82, 2.24) is 0 Å². The lowest BCUT2D eigenvalue weighted by Gasteiger charge is -2.46. The van der Waals surface area contributed by atoms with Crippen LogP contribution in [0.15, 0.2) is 152 Å².